The minimum atomic E-state index is -3.26. The Labute approximate surface area is 185 Å². The number of sulfonamides is 1. The predicted octanol–water partition coefficient (Wildman–Crippen LogP) is 3.22. The quantitative estimate of drug-likeness (QED) is 0.627. The summed E-state index contributed by atoms with van der Waals surface area (Å²) >= 11 is 0. The second-order valence-corrected chi connectivity index (χ2v) is 10.4. The average molecular weight is 445 g/mol. The molecule has 0 aromatic heterocycles. The van der Waals surface area contributed by atoms with Gasteiger partial charge in [-0.25, -0.2) is 12.7 Å². The molecular formula is C24H32N2O4S. The van der Waals surface area contributed by atoms with E-state index in [9.17, 15) is 13.2 Å². The number of carbonyl (C=O) groups excluding carboxylic acids is 1. The highest BCUT2D eigenvalue weighted by Gasteiger charge is 2.45. The van der Waals surface area contributed by atoms with Crippen molar-refractivity contribution in [2.45, 2.75) is 32.1 Å². The predicted molar refractivity (Wildman–Crippen MR) is 123 cm³/mol. The molecule has 1 heterocycles. The van der Waals surface area contributed by atoms with Gasteiger partial charge in [0.2, 0.25) is 15.9 Å². The van der Waals surface area contributed by atoms with Gasteiger partial charge in [0, 0.05) is 20.1 Å². The highest BCUT2D eigenvalue weighted by molar-refractivity contribution is 7.89. The van der Waals surface area contributed by atoms with Crippen LogP contribution in [-0.4, -0.2) is 62.6 Å². The first-order valence-electron chi connectivity index (χ1n) is 10.8. The van der Waals surface area contributed by atoms with Crippen molar-refractivity contribution in [1.82, 2.24) is 9.21 Å². The number of carbonyl (C=O) groups is 1. The van der Waals surface area contributed by atoms with E-state index in [1.807, 2.05) is 61.5 Å². The minimum Gasteiger partial charge on any atom is -0.492 e. The van der Waals surface area contributed by atoms with Crippen LogP contribution in [0.3, 0.4) is 0 Å². The van der Waals surface area contributed by atoms with Gasteiger partial charge in [-0.3, -0.25) is 4.79 Å². The molecule has 6 nitrogen and oxygen atoms in total. The van der Waals surface area contributed by atoms with Crippen LogP contribution in [0, 0.1) is 6.92 Å². The van der Waals surface area contributed by atoms with E-state index in [0.29, 0.717) is 39.1 Å². The zero-order valence-electron chi connectivity index (χ0n) is 18.6. The summed E-state index contributed by atoms with van der Waals surface area (Å²) in [6.45, 7) is 5.22. The average Bonchev–Trinajstić information content (AvgIpc) is 2.79. The van der Waals surface area contributed by atoms with E-state index in [0.717, 1.165) is 16.9 Å². The lowest BCUT2D eigenvalue weighted by molar-refractivity contribution is -0.138. The number of benzene rings is 2. The van der Waals surface area contributed by atoms with Gasteiger partial charge in [0.05, 0.1) is 17.7 Å². The molecule has 7 heteroatoms. The van der Waals surface area contributed by atoms with Crippen LogP contribution in [0.4, 0.5) is 0 Å². The number of piperidine rings is 1. The first kappa shape index (κ1) is 23.3. The third kappa shape index (κ3) is 5.28. The van der Waals surface area contributed by atoms with Crippen molar-refractivity contribution in [3.63, 3.8) is 0 Å². The SMILES string of the molecule is CCS(=O)(=O)N1CCC(C(=O)N(C)CCOc2cccc(C)c2)(c2ccccc2)CC1. The Morgan fingerprint density at radius 2 is 1.77 bits per heavy atom. The number of hydrogen-bond acceptors (Lipinski definition) is 4. The van der Waals surface area contributed by atoms with Crippen molar-refractivity contribution in [3.8, 4) is 5.75 Å². The zero-order valence-corrected chi connectivity index (χ0v) is 19.4. The minimum absolute atomic E-state index is 0.0140. The molecule has 168 valence electrons. The van der Waals surface area contributed by atoms with Gasteiger partial charge < -0.3 is 9.64 Å². The fraction of sp³-hybridized carbons (Fsp3) is 0.458. The lowest BCUT2D eigenvalue weighted by Gasteiger charge is -2.42. The molecule has 2 aromatic carbocycles. The van der Waals surface area contributed by atoms with Gasteiger partial charge in [0.25, 0.3) is 0 Å². The first-order chi connectivity index (χ1) is 14.8. The largest absolute Gasteiger partial charge is 0.492 e. The molecule has 1 amide bonds. The van der Waals surface area contributed by atoms with Crippen LogP contribution in [0.2, 0.25) is 0 Å². The van der Waals surface area contributed by atoms with Crippen LogP contribution < -0.4 is 4.74 Å². The maximum atomic E-state index is 13.6. The highest BCUT2D eigenvalue weighted by Crippen LogP contribution is 2.38. The van der Waals surface area contributed by atoms with Gasteiger partial charge in [-0.05, 0) is 49.9 Å². The van der Waals surface area contributed by atoms with Crippen LogP contribution in [0.1, 0.15) is 30.9 Å². The molecule has 0 radical (unpaired) electrons. The standard InChI is InChI=1S/C24H32N2O4S/c1-4-31(28,29)26-15-13-24(14-16-26,21-10-6-5-7-11-21)23(27)25(3)17-18-30-22-12-8-9-20(2)19-22/h5-12,19H,4,13-18H2,1-3H3. The highest BCUT2D eigenvalue weighted by atomic mass is 32.2. The van der Waals surface area contributed by atoms with Gasteiger partial charge in [0.15, 0.2) is 0 Å². The van der Waals surface area contributed by atoms with Gasteiger partial charge in [0.1, 0.15) is 12.4 Å². The lowest BCUT2D eigenvalue weighted by atomic mass is 9.72. The Bertz CT molecular complexity index is 984. The molecule has 0 spiro atoms. The van der Waals surface area contributed by atoms with Crippen molar-refractivity contribution >= 4 is 15.9 Å². The number of hydrogen-bond donors (Lipinski definition) is 0. The van der Waals surface area contributed by atoms with Crippen LogP contribution in [0.25, 0.3) is 0 Å². The van der Waals surface area contributed by atoms with Gasteiger partial charge in [-0.2, -0.15) is 0 Å². The Balaban J connectivity index is 1.73. The Kier molecular flexibility index (Phi) is 7.38. The monoisotopic (exact) mass is 444 g/mol. The van der Waals surface area contributed by atoms with E-state index >= 15 is 0 Å². The molecule has 0 aliphatic carbocycles. The van der Waals surface area contributed by atoms with Crippen LogP contribution in [0.5, 0.6) is 5.75 Å². The molecule has 2 aromatic rings. The van der Waals surface area contributed by atoms with E-state index in [4.69, 9.17) is 4.74 Å². The second-order valence-electron chi connectivity index (χ2n) is 8.14. The van der Waals surface area contributed by atoms with E-state index < -0.39 is 15.4 Å². The van der Waals surface area contributed by atoms with E-state index in [1.54, 1.807) is 18.9 Å². The fourth-order valence-corrected chi connectivity index (χ4v) is 5.29. The normalized spacial score (nSPS) is 16.6. The topological polar surface area (TPSA) is 66.9 Å². The molecule has 0 atom stereocenters. The molecule has 1 fully saturated rings. The molecule has 1 aliphatic rings. The van der Waals surface area contributed by atoms with Crippen LogP contribution >= 0.6 is 0 Å². The Morgan fingerprint density at radius 1 is 1.10 bits per heavy atom. The maximum Gasteiger partial charge on any atom is 0.233 e. The fourth-order valence-electron chi connectivity index (χ4n) is 4.18. The van der Waals surface area contributed by atoms with Crippen molar-refractivity contribution in [2.75, 3.05) is 39.0 Å². The Hall–Kier alpha value is -2.38. The van der Waals surface area contributed by atoms with Crippen molar-refractivity contribution in [3.05, 3.63) is 65.7 Å². The van der Waals surface area contributed by atoms with Crippen LogP contribution in [-0.2, 0) is 20.2 Å². The summed E-state index contributed by atoms with van der Waals surface area (Å²) in [5, 5.41) is 0. The molecule has 31 heavy (non-hydrogen) atoms. The Morgan fingerprint density at radius 3 is 2.39 bits per heavy atom. The number of rotatable bonds is 8. The zero-order chi connectivity index (χ0) is 22.5. The number of likely N-dealkylation sites (N-methyl/N-ethyl adjacent to an activating group) is 1. The summed E-state index contributed by atoms with van der Waals surface area (Å²) in [5.74, 6) is 0.881. The molecule has 1 aliphatic heterocycles. The van der Waals surface area contributed by atoms with E-state index in [-0.39, 0.29) is 11.7 Å². The number of ether oxygens (including phenoxy) is 1. The summed E-state index contributed by atoms with van der Waals surface area (Å²) < 4.78 is 32.0. The first-order valence-corrected chi connectivity index (χ1v) is 12.4. The summed E-state index contributed by atoms with van der Waals surface area (Å²) in [4.78, 5) is 15.4. The number of amides is 1. The maximum absolute atomic E-state index is 13.6. The van der Waals surface area contributed by atoms with E-state index in [2.05, 4.69) is 0 Å². The summed E-state index contributed by atoms with van der Waals surface area (Å²) in [6.07, 6.45) is 0.941. The molecule has 0 saturated carbocycles. The molecule has 1 saturated heterocycles. The molecule has 0 unspecified atom stereocenters. The van der Waals surface area contributed by atoms with Crippen molar-refractivity contribution in [2.24, 2.45) is 0 Å². The van der Waals surface area contributed by atoms with Gasteiger partial charge in [-0.15, -0.1) is 0 Å². The smallest absolute Gasteiger partial charge is 0.233 e. The molecular weight excluding hydrogens is 412 g/mol. The second kappa shape index (κ2) is 9.83. The molecule has 0 N–H and O–H groups in total. The third-order valence-corrected chi connectivity index (χ3v) is 7.98. The van der Waals surface area contributed by atoms with Crippen LogP contribution in [0.15, 0.2) is 54.6 Å². The lowest BCUT2D eigenvalue weighted by Crippen LogP contribution is -2.53. The number of nitrogens with zero attached hydrogens (tertiary/aromatic N) is 2. The van der Waals surface area contributed by atoms with Gasteiger partial charge >= 0.3 is 0 Å². The van der Waals surface area contributed by atoms with Crippen molar-refractivity contribution < 1.29 is 17.9 Å². The summed E-state index contributed by atoms with van der Waals surface area (Å²) in [7, 11) is -1.47. The summed E-state index contributed by atoms with van der Waals surface area (Å²) in [6, 6.07) is 17.6. The third-order valence-electron chi connectivity index (χ3n) is 6.10. The van der Waals surface area contributed by atoms with Gasteiger partial charge in [-0.1, -0.05) is 42.5 Å². The van der Waals surface area contributed by atoms with E-state index in [1.165, 1.54) is 4.31 Å². The molecule has 3 rings (SSSR count). The van der Waals surface area contributed by atoms with Crippen molar-refractivity contribution in [1.29, 1.82) is 0 Å². The molecule has 0 bridgehead atoms. The number of aryl methyl sites for hydroxylation is 1. The summed E-state index contributed by atoms with van der Waals surface area (Å²) in [5.41, 5.74) is 1.35.